The lowest BCUT2D eigenvalue weighted by atomic mass is 10.2. The molecule has 5 aromatic carbocycles. The van der Waals surface area contributed by atoms with Gasteiger partial charge in [0.2, 0.25) is 6.08 Å². The van der Waals surface area contributed by atoms with Gasteiger partial charge in [0.1, 0.15) is 63.3 Å². The molecule has 0 fully saturated rings. The number of alkyl halides is 6. The van der Waals surface area contributed by atoms with E-state index >= 15 is 0 Å². The van der Waals surface area contributed by atoms with Gasteiger partial charge in [0, 0.05) is 80.8 Å². The predicted octanol–water partition coefficient (Wildman–Crippen LogP) is 13.2. The van der Waals surface area contributed by atoms with E-state index < -0.39 is 62.9 Å². The number of halogens is 12. The minimum absolute atomic E-state index is 0.0489. The summed E-state index contributed by atoms with van der Waals surface area (Å²) >= 11 is 16.5. The van der Waals surface area contributed by atoms with Gasteiger partial charge in [-0.25, -0.2) is 22.8 Å². The van der Waals surface area contributed by atoms with Crippen LogP contribution in [0.1, 0.15) is 42.6 Å². The molecule has 0 radical (unpaired) electrons. The van der Waals surface area contributed by atoms with Crippen LogP contribution >= 0.6 is 34.8 Å². The molecule has 0 atom stereocenters. The lowest BCUT2D eigenvalue weighted by molar-refractivity contribution is -0.138. The number of nitrogens with one attached hydrogen (secondary N) is 5. The molecule has 0 aliphatic rings. The van der Waals surface area contributed by atoms with Crippen LogP contribution in [-0.2, 0) is 17.1 Å². The first-order valence-electron chi connectivity index (χ1n) is 23.6. The Labute approximate surface area is 496 Å². The number of phenolic OH excluding ortho intramolecular Hbond substituents is 1. The fraction of sp³-hybridized carbons (Fsp3) is 0.0909. The van der Waals surface area contributed by atoms with Gasteiger partial charge in [0.05, 0.1) is 43.9 Å². The number of rotatable bonds is 10. The SMILES string of the molecule is CNC(=O)c1cc(Cl)ccn1.CNC(=O)c1cc(Oc2ccc(N)c(F)c2)ccn1.CNC(=O)c1cc(Oc2ccc(NC(=O)Nc3ccc(Cl)c(C(F)(F)F)c3)c(F)c2)ccn1.Nc1ccc(O)cc1F.O=C=Nc1ccc(Cl)c(C(F)(F)F)c1. The van der Waals surface area contributed by atoms with Gasteiger partial charge in [-0.1, -0.05) is 34.8 Å². The van der Waals surface area contributed by atoms with Crippen molar-refractivity contribution >= 4 is 93.1 Å². The van der Waals surface area contributed by atoms with Crippen molar-refractivity contribution in [1.29, 1.82) is 0 Å². The van der Waals surface area contributed by atoms with Crippen molar-refractivity contribution in [1.82, 2.24) is 30.9 Å². The second-order valence-corrected chi connectivity index (χ2v) is 17.5. The number of carbonyl (C=O) groups excluding carboxylic acids is 5. The van der Waals surface area contributed by atoms with Crippen molar-refractivity contribution in [2.45, 2.75) is 12.4 Å². The molecule has 8 rings (SSSR count). The van der Waals surface area contributed by atoms with Crippen molar-refractivity contribution in [3.8, 4) is 28.7 Å². The number of amides is 5. The normalized spacial score (nSPS) is 10.4. The van der Waals surface area contributed by atoms with E-state index in [0.717, 1.165) is 30.3 Å². The fourth-order valence-corrected chi connectivity index (χ4v) is 6.70. The minimum Gasteiger partial charge on any atom is -0.508 e. The number of aromatic nitrogens is 3. The maximum Gasteiger partial charge on any atom is 0.417 e. The molecule has 0 saturated carbocycles. The van der Waals surface area contributed by atoms with E-state index in [0.29, 0.717) is 34.3 Å². The van der Waals surface area contributed by atoms with E-state index in [-0.39, 0.29) is 68.9 Å². The van der Waals surface area contributed by atoms with E-state index in [1.807, 2.05) is 0 Å². The highest BCUT2D eigenvalue weighted by Gasteiger charge is 2.34. The van der Waals surface area contributed by atoms with E-state index in [9.17, 15) is 63.5 Å². The van der Waals surface area contributed by atoms with Gasteiger partial charge in [0.15, 0.2) is 0 Å². The highest BCUT2D eigenvalue weighted by molar-refractivity contribution is 6.32. The Balaban J connectivity index is 0.000000252. The second kappa shape index (κ2) is 32.1. The number of nitrogen functional groups attached to an aromatic ring is 2. The number of carbonyl (C=O) groups is 4. The Morgan fingerprint density at radius 3 is 1.43 bits per heavy atom. The third-order valence-electron chi connectivity index (χ3n) is 10.1. The van der Waals surface area contributed by atoms with Crippen LogP contribution in [0.25, 0.3) is 0 Å². The molecule has 3 aromatic heterocycles. The summed E-state index contributed by atoms with van der Waals surface area (Å²) in [6, 6.07) is 25.0. The molecule has 3 heterocycles. The molecule has 10 N–H and O–H groups in total. The Morgan fingerprint density at radius 1 is 0.535 bits per heavy atom. The summed E-state index contributed by atoms with van der Waals surface area (Å²) in [5.41, 5.74) is 8.52. The van der Waals surface area contributed by atoms with E-state index in [1.54, 1.807) is 25.2 Å². The minimum atomic E-state index is -4.71. The van der Waals surface area contributed by atoms with Crippen LogP contribution in [0, 0.1) is 17.5 Å². The Bertz CT molecular complexity index is 3750. The van der Waals surface area contributed by atoms with Crippen LogP contribution in [0.15, 0.2) is 151 Å². The van der Waals surface area contributed by atoms with Crippen molar-refractivity contribution in [3.05, 3.63) is 207 Å². The number of aromatic hydroxyl groups is 1. The van der Waals surface area contributed by atoms with Gasteiger partial charge >= 0.3 is 18.4 Å². The number of hydrogen-bond acceptors (Lipinski definition) is 14. The number of nitrogens with zero attached hydrogens (tertiary/aromatic N) is 4. The Kier molecular flexibility index (Phi) is 25.5. The second-order valence-electron chi connectivity index (χ2n) is 16.2. The number of benzene rings is 5. The van der Waals surface area contributed by atoms with E-state index in [4.69, 9.17) is 60.9 Å². The maximum absolute atomic E-state index is 14.4. The lowest BCUT2D eigenvalue weighted by Crippen LogP contribution is -2.20. The average Bonchev–Trinajstić information content (AvgIpc) is 2.27. The number of urea groups is 1. The summed E-state index contributed by atoms with van der Waals surface area (Å²) in [6.07, 6.45) is -3.83. The average molecular weight is 1260 g/mol. The van der Waals surface area contributed by atoms with Crippen LogP contribution in [0.4, 0.5) is 72.7 Å². The number of aliphatic imine (C=N–C) groups is 1. The number of ether oxygens (including phenoxy) is 2. The molecular formula is C55H43Cl3F9N11O8. The zero-order valence-electron chi connectivity index (χ0n) is 44.1. The Morgan fingerprint density at radius 2 is 0.977 bits per heavy atom. The summed E-state index contributed by atoms with van der Waals surface area (Å²) in [6.45, 7) is 0. The van der Waals surface area contributed by atoms with Crippen molar-refractivity contribution in [2.24, 2.45) is 4.99 Å². The van der Waals surface area contributed by atoms with Crippen molar-refractivity contribution < 1.29 is 78.1 Å². The number of anilines is 4. The topological polar surface area (TPSA) is 287 Å². The molecule has 19 nitrogen and oxygen atoms in total. The summed E-state index contributed by atoms with van der Waals surface area (Å²) in [4.78, 5) is 70.6. The fourth-order valence-electron chi connectivity index (χ4n) is 6.09. The van der Waals surface area contributed by atoms with Crippen LogP contribution in [0.2, 0.25) is 15.1 Å². The highest BCUT2D eigenvalue weighted by atomic mass is 35.5. The molecule has 450 valence electrons. The molecule has 0 spiro atoms. The zero-order valence-corrected chi connectivity index (χ0v) is 46.4. The third kappa shape index (κ3) is 21.9. The summed E-state index contributed by atoms with van der Waals surface area (Å²) < 4.78 is 126. The molecule has 0 saturated heterocycles. The van der Waals surface area contributed by atoms with Crippen LogP contribution in [0.5, 0.6) is 28.7 Å². The van der Waals surface area contributed by atoms with Gasteiger partial charge in [0.25, 0.3) is 17.7 Å². The van der Waals surface area contributed by atoms with Gasteiger partial charge in [-0.15, -0.1) is 0 Å². The van der Waals surface area contributed by atoms with Crippen LogP contribution in [-0.4, -0.2) is 71.0 Å². The van der Waals surface area contributed by atoms with Crippen molar-refractivity contribution in [3.63, 3.8) is 0 Å². The summed E-state index contributed by atoms with van der Waals surface area (Å²) in [5, 5.41) is 19.9. The first-order valence-corrected chi connectivity index (χ1v) is 24.7. The molecule has 31 heteroatoms. The van der Waals surface area contributed by atoms with Gasteiger partial charge in [-0.3, -0.25) is 29.3 Å². The van der Waals surface area contributed by atoms with E-state index in [1.165, 1.54) is 105 Å². The zero-order chi connectivity index (χ0) is 63.9. The van der Waals surface area contributed by atoms with Gasteiger partial charge in [-0.2, -0.15) is 31.3 Å². The standard InChI is InChI=1S/C21H15ClF4N4O3.C13H12FN3O2.C8H3ClF3NO.C7H7ClN2O.C6H6FNO/c1-27-19(31)18-10-13(6-7-28-18)33-12-3-5-17(16(23)9-12)30-20(32)29-11-2-4-15(22)14(8-11)21(24,25)26;1-16-13(18)12-7-9(4-5-17-12)19-8-2-3-11(15)10(14)6-8;9-7-2-1-5(13-4-14)3-6(7)8(10,11)12;1-9-7(11)6-4-5(8)2-3-10-6;7-5-3-4(9)1-2-6(5)8/h2-10H,1H3,(H,27,31)(H2,29,30,32);2-7H,15H2,1H3,(H,16,18);1-3H;2-4H,1H3,(H,9,11);1-3,9H,8H2. The maximum atomic E-state index is 14.4. The molecule has 0 unspecified atom stereocenters. The highest BCUT2D eigenvalue weighted by Crippen LogP contribution is 2.38. The molecule has 0 aliphatic heterocycles. The first kappa shape index (κ1) is 68.3. The number of isocyanates is 1. The molecule has 0 aliphatic carbocycles. The third-order valence-corrected chi connectivity index (χ3v) is 11.0. The molecule has 8 aromatic rings. The predicted molar refractivity (Wildman–Crippen MR) is 301 cm³/mol. The largest absolute Gasteiger partial charge is 0.508 e. The number of nitrogens with two attached hydrogens (primary N) is 2. The van der Waals surface area contributed by atoms with Crippen molar-refractivity contribution in [2.75, 3.05) is 43.2 Å². The number of phenols is 1. The molecule has 0 bridgehead atoms. The number of pyridine rings is 3. The van der Waals surface area contributed by atoms with Gasteiger partial charge in [-0.05, 0) is 97.1 Å². The van der Waals surface area contributed by atoms with Crippen LogP contribution in [0.3, 0.4) is 0 Å². The molecular weight excluding hydrogens is 1220 g/mol. The smallest absolute Gasteiger partial charge is 0.417 e. The number of hydrogen-bond donors (Lipinski definition) is 8. The van der Waals surface area contributed by atoms with E-state index in [2.05, 4.69) is 46.5 Å². The molecule has 86 heavy (non-hydrogen) atoms. The summed E-state index contributed by atoms with van der Waals surface area (Å²) in [5.74, 6) is -2.13. The quantitative estimate of drug-likeness (QED) is 0.0208. The van der Waals surface area contributed by atoms with Crippen LogP contribution < -0.4 is 47.5 Å². The van der Waals surface area contributed by atoms with Gasteiger partial charge < -0.3 is 52.6 Å². The monoisotopic (exact) mass is 1260 g/mol. The molecule has 5 amide bonds. The first-order chi connectivity index (χ1) is 40.5. The Hall–Kier alpha value is -10.2. The summed E-state index contributed by atoms with van der Waals surface area (Å²) in [7, 11) is 4.49. The lowest BCUT2D eigenvalue weighted by Gasteiger charge is -2.13.